The molecule has 0 aliphatic carbocycles. The van der Waals surface area contributed by atoms with Crippen molar-refractivity contribution in [1.82, 2.24) is 9.62 Å². The zero-order chi connectivity index (χ0) is 17.9. The van der Waals surface area contributed by atoms with Crippen molar-refractivity contribution in [2.45, 2.75) is 30.3 Å². The molecule has 1 saturated heterocycles. The number of amides is 1. The van der Waals surface area contributed by atoms with Gasteiger partial charge in [-0.3, -0.25) is 4.79 Å². The van der Waals surface area contributed by atoms with E-state index in [0.717, 1.165) is 5.56 Å². The number of nitrogens with zero attached hydrogens (tertiary/aromatic N) is 1. The summed E-state index contributed by atoms with van der Waals surface area (Å²) in [6.45, 7) is 0.722. The molecule has 1 N–H and O–H groups in total. The van der Waals surface area contributed by atoms with E-state index in [4.69, 9.17) is 11.6 Å². The molecule has 0 radical (unpaired) electrons. The largest absolute Gasteiger partial charge is 0.351 e. The lowest BCUT2D eigenvalue weighted by molar-refractivity contribution is -0.124. The van der Waals surface area contributed by atoms with Gasteiger partial charge in [0.2, 0.25) is 15.9 Å². The fraction of sp³-hybridized carbons (Fsp3) is 0.278. The zero-order valence-corrected chi connectivity index (χ0v) is 15.1. The number of nitrogens with one attached hydrogen (secondary N) is 1. The highest BCUT2D eigenvalue weighted by Gasteiger charge is 2.39. The number of hydrogen-bond donors (Lipinski definition) is 1. The van der Waals surface area contributed by atoms with Crippen LogP contribution in [0.1, 0.15) is 18.4 Å². The summed E-state index contributed by atoms with van der Waals surface area (Å²) in [5.41, 5.74) is 0.973. The molecule has 1 heterocycles. The quantitative estimate of drug-likeness (QED) is 0.869. The van der Waals surface area contributed by atoms with E-state index in [1.54, 1.807) is 0 Å². The average molecular weight is 379 g/mol. The molecule has 5 nitrogen and oxygen atoms in total. The van der Waals surface area contributed by atoms with E-state index >= 15 is 0 Å². The predicted octanol–water partition coefficient (Wildman–Crippen LogP) is 2.81. The van der Waals surface area contributed by atoms with E-state index in [0.29, 0.717) is 31.0 Å². The molecule has 132 valence electrons. The van der Waals surface area contributed by atoms with Crippen LogP contribution in [0.4, 0.5) is 0 Å². The van der Waals surface area contributed by atoms with Gasteiger partial charge in [-0.15, -0.1) is 0 Å². The first-order valence-electron chi connectivity index (χ1n) is 8.07. The first-order valence-corrected chi connectivity index (χ1v) is 9.89. The molecule has 0 spiro atoms. The van der Waals surface area contributed by atoms with Gasteiger partial charge in [-0.1, -0.05) is 41.9 Å². The fourth-order valence-corrected chi connectivity index (χ4v) is 4.72. The van der Waals surface area contributed by atoms with Crippen molar-refractivity contribution in [1.29, 1.82) is 0 Å². The number of sulfonamides is 1. The summed E-state index contributed by atoms with van der Waals surface area (Å²) < 4.78 is 27.0. The molecule has 2 aromatic rings. The van der Waals surface area contributed by atoms with Gasteiger partial charge in [0.05, 0.1) is 4.90 Å². The Hall–Kier alpha value is -1.89. The number of carbonyl (C=O) groups is 1. The second kappa shape index (κ2) is 7.56. The van der Waals surface area contributed by atoms with E-state index in [-0.39, 0.29) is 10.8 Å². The minimum atomic E-state index is -3.72. The monoisotopic (exact) mass is 378 g/mol. The van der Waals surface area contributed by atoms with Crippen molar-refractivity contribution in [2.24, 2.45) is 0 Å². The summed E-state index contributed by atoms with van der Waals surface area (Å²) in [4.78, 5) is 12.7. The van der Waals surface area contributed by atoms with E-state index in [2.05, 4.69) is 5.32 Å². The first kappa shape index (κ1) is 17.9. The zero-order valence-electron chi connectivity index (χ0n) is 13.6. The smallest absolute Gasteiger partial charge is 0.243 e. The molecular formula is C18H19ClN2O3S. The average Bonchev–Trinajstić information content (AvgIpc) is 3.12. The summed E-state index contributed by atoms with van der Waals surface area (Å²) in [7, 11) is -3.72. The van der Waals surface area contributed by atoms with Gasteiger partial charge in [0.1, 0.15) is 6.04 Å². The van der Waals surface area contributed by atoms with Gasteiger partial charge >= 0.3 is 0 Å². The Balaban J connectivity index is 1.73. The summed E-state index contributed by atoms with van der Waals surface area (Å²) in [6, 6.07) is 14.9. The number of benzene rings is 2. The number of hydrogen-bond acceptors (Lipinski definition) is 3. The van der Waals surface area contributed by atoms with Crippen LogP contribution in [0.3, 0.4) is 0 Å². The van der Waals surface area contributed by atoms with Crippen LogP contribution in [0.25, 0.3) is 0 Å². The Morgan fingerprint density at radius 1 is 1.12 bits per heavy atom. The standard InChI is InChI=1S/C18H19ClN2O3S/c19-15-8-10-16(11-9-15)25(23,24)21-12-4-7-17(21)18(22)20-13-14-5-2-1-3-6-14/h1-3,5-6,8-11,17H,4,7,12-13H2,(H,20,22)/t17-/m1/s1. The summed E-state index contributed by atoms with van der Waals surface area (Å²) in [5, 5.41) is 3.31. The Morgan fingerprint density at radius 2 is 1.80 bits per heavy atom. The Morgan fingerprint density at radius 3 is 2.48 bits per heavy atom. The van der Waals surface area contributed by atoms with E-state index < -0.39 is 16.1 Å². The second-order valence-electron chi connectivity index (χ2n) is 5.93. The number of carbonyl (C=O) groups excluding carboxylic acids is 1. The van der Waals surface area contributed by atoms with Gasteiger partial charge in [0.15, 0.2) is 0 Å². The van der Waals surface area contributed by atoms with Crippen LogP contribution >= 0.6 is 11.6 Å². The fourth-order valence-electron chi connectivity index (χ4n) is 2.93. The van der Waals surface area contributed by atoms with Crippen LogP contribution in [0.2, 0.25) is 5.02 Å². The SMILES string of the molecule is O=C(NCc1ccccc1)[C@H]1CCCN1S(=O)(=O)c1ccc(Cl)cc1. The lowest BCUT2D eigenvalue weighted by atomic mass is 10.2. The van der Waals surface area contributed by atoms with Gasteiger partial charge < -0.3 is 5.32 Å². The predicted molar refractivity (Wildman–Crippen MR) is 96.7 cm³/mol. The molecule has 1 aliphatic rings. The third-order valence-corrected chi connectivity index (χ3v) is 6.41. The minimum absolute atomic E-state index is 0.152. The van der Waals surface area contributed by atoms with Crippen molar-refractivity contribution in [3.8, 4) is 0 Å². The van der Waals surface area contributed by atoms with Gasteiger partial charge in [-0.25, -0.2) is 8.42 Å². The van der Waals surface area contributed by atoms with Crippen LogP contribution in [0, 0.1) is 0 Å². The molecule has 7 heteroatoms. The van der Waals surface area contributed by atoms with Crippen LogP contribution in [0.15, 0.2) is 59.5 Å². The lowest BCUT2D eigenvalue weighted by Gasteiger charge is -2.23. The molecule has 1 atom stereocenters. The highest BCUT2D eigenvalue weighted by atomic mass is 35.5. The minimum Gasteiger partial charge on any atom is -0.351 e. The van der Waals surface area contributed by atoms with Crippen LogP contribution in [-0.2, 0) is 21.4 Å². The molecule has 3 rings (SSSR count). The Bertz CT molecular complexity index is 838. The molecule has 1 amide bonds. The maximum Gasteiger partial charge on any atom is 0.243 e. The topological polar surface area (TPSA) is 66.5 Å². The van der Waals surface area contributed by atoms with Crippen LogP contribution in [0.5, 0.6) is 0 Å². The van der Waals surface area contributed by atoms with Crippen molar-refractivity contribution in [3.05, 3.63) is 65.2 Å². The molecule has 1 aliphatic heterocycles. The van der Waals surface area contributed by atoms with Crippen molar-refractivity contribution >= 4 is 27.5 Å². The molecule has 25 heavy (non-hydrogen) atoms. The van der Waals surface area contributed by atoms with Crippen molar-refractivity contribution < 1.29 is 13.2 Å². The van der Waals surface area contributed by atoms with E-state index in [9.17, 15) is 13.2 Å². The van der Waals surface area contributed by atoms with Crippen molar-refractivity contribution in [2.75, 3.05) is 6.54 Å². The molecule has 0 saturated carbocycles. The van der Waals surface area contributed by atoms with Crippen molar-refractivity contribution in [3.63, 3.8) is 0 Å². The summed E-state index contributed by atoms with van der Waals surface area (Å²) in [6.07, 6.45) is 1.18. The van der Waals surface area contributed by atoms with Gasteiger partial charge in [0, 0.05) is 18.1 Å². The normalized spacial score (nSPS) is 18.2. The van der Waals surface area contributed by atoms with E-state index in [1.165, 1.54) is 28.6 Å². The molecule has 0 unspecified atom stereocenters. The summed E-state index contributed by atoms with van der Waals surface area (Å²) >= 11 is 5.83. The van der Waals surface area contributed by atoms with Crippen LogP contribution in [-0.4, -0.2) is 31.2 Å². The highest BCUT2D eigenvalue weighted by Crippen LogP contribution is 2.27. The third kappa shape index (κ3) is 4.03. The maximum absolute atomic E-state index is 12.8. The highest BCUT2D eigenvalue weighted by molar-refractivity contribution is 7.89. The summed E-state index contributed by atoms with van der Waals surface area (Å²) in [5.74, 6) is -0.265. The molecule has 1 fully saturated rings. The van der Waals surface area contributed by atoms with E-state index in [1.807, 2.05) is 30.3 Å². The van der Waals surface area contributed by atoms with Gasteiger partial charge in [-0.2, -0.15) is 4.31 Å². The Labute approximate surface area is 152 Å². The van der Waals surface area contributed by atoms with Gasteiger partial charge in [0.25, 0.3) is 0 Å². The number of halogens is 1. The maximum atomic E-state index is 12.8. The van der Waals surface area contributed by atoms with Gasteiger partial charge in [-0.05, 0) is 42.7 Å². The Kier molecular flexibility index (Phi) is 5.42. The molecule has 0 bridgehead atoms. The third-order valence-electron chi connectivity index (χ3n) is 4.24. The second-order valence-corrected chi connectivity index (χ2v) is 8.26. The lowest BCUT2D eigenvalue weighted by Crippen LogP contribution is -2.45. The van der Waals surface area contributed by atoms with Crippen LogP contribution < -0.4 is 5.32 Å². The molecule has 0 aromatic heterocycles. The number of rotatable bonds is 5. The molecular weight excluding hydrogens is 360 g/mol. The first-order chi connectivity index (χ1) is 12.0. The molecule has 2 aromatic carbocycles.